The summed E-state index contributed by atoms with van der Waals surface area (Å²) in [6, 6.07) is 14.1. The molecule has 0 aliphatic heterocycles. The smallest absolute Gasteiger partial charge is 0.373 e. The lowest BCUT2D eigenvalue weighted by Gasteiger charge is -2.09. The van der Waals surface area contributed by atoms with Crippen LogP contribution in [0.2, 0.25) is 0 Å². The highest BCUT2D eigenvalue weighted by Crippen LogP contribution is 2.17. The van der Waals surface area contributed by atoms with E-state index in [1.807, 2.05) is 24.3 Å². The summed E-state index contributed by atoms with van der Waals surface area (Å²) in [6.45, 7) is 4.65. The van der Waals surface area contributed by atoms with Crippen molar-refractivity contribution in [3.8, 4) is 11.5 Å². The second-order valence-electron chi connectivity index (χ2n) is 6.26. The van der Waals surface area contributed by atoms with Gasteiger partial charge < -0.3 is 18.4 Å². The van der Waals surface area contributed by atoms with Crippen LogP contribution in [0.25, 0.3) is 6.08 Å². The third kappa shape index (κ3) is 8.16. The third-order valence-electron chi connectivity index (χ3n) is 3.78. The number of ether oxygens (including phenoxy) is 3. The molecule has 0 N–H and O–H groups in total. The minimum Gasteiger partial charge on any atom is -0.493 e. The van der Waals surface area contributed by atoms with Crippen molar-refractivity contribution in [2.45, 2.75) is 20.3 Å². The number of esters is 1. The molecule has 0 radical (unpaired) electrons. The molecule has 0 bridgehead atoms. The molecule has 30 heavy (non-hydrogen) atoms. The Bertz CT molecular complexity index is 946. The topological polar surface area (TPSA) is 88.1 Å². The van der Waals surface area contributed by atoms with Gasteiger partial charge in [-0.15, -0.1) is 0 Å². The summed E-state index contributed by atoms with van der Waals surface area (Å²) >= 11 is 0. The molecule has 0 unspecified atom stereocenters. The molecule has 162 valence electrons. The fraction of sp³-hybridized carbons (Fsp3) is 0.318. The maximum Gasteiger partial charge on any atom is 0.373 e. The molecule has 2 aromatic rings. The van der Waals surface area contributed by atoms with Crippen LogP contribution in [-0.2, 0) is 30.8 Å². The molecule has 2 aromatic carbocycles. The molecule has 0 atom stereocenters. The summed E-state index contributed by atoms with van der Waals surface area (Å²) in [5.41, 5.74) is 1.78. The van der Waals surface area contributed by atoms with Gasteiger partial charge in [0.15, 0.2) is 0 Å². The van der Waals surface area contributed by atoms with Gasteiger partial charge in [-0.25, -0.2) is 4.79 Å². The highest BCUT2D eigenvalue weighted by Gasteiger charge is 2.11. The van der Waals surface area contributed by atoms with E-state index in [-0.39, 0.29) is 18.1 Å². The van der Waals surface area contributed by atoms with Gasteiger partial charge in [0.05, 0.1) is 26.1 Å². The highest BCUT2D eigenvalue weighted by atomic mass is 32.2. The second kappa shape index (κ2) is 11.3. The molecule has 0 aliphatic carbocycles. The van der Waals surface area contributed by atoms with Crippen LogP contribution in [0.5, 0.6) is 11.5 Å². The zero-order valence-electron chi connectivity index (χ0n) is 17.3. The normalized spacial score (nSPS) is 11.6. The Morgan fingerprint density at radius 3 is 2.07 bits per heavy atom. The minimum absolute atomic E-state index is 0.163. The molecule has 8 heteroatoms. The van der Waals surface area contributed by atoms with Crippen molar-refractivity contribution in [2.24, 2.45) is 0 Å². The average molecular weight is 435 g/mol. The van der Waals surface area contributed by atoms with Gasteiger partial charge in [-0.2, -0.15) is 8.42 Å². The lowest BCUT2D eigenvalue weighted by Crippen LogP contribution is -2.10. The van der Waals surface area contributed by atoms with Crippen molar-refractivity contribution in [1.29, 1.82) is 0 Å². The molecule has 0 aliphatic rings. The first-order valence-corrected chi connectivity index (χ1v) is 11.3. The molecule has 0 aromatic heterocycles. The molecular formula is C22H26O7S. The van der Waals surface area contributed by atoms with Gasteiger partial charge in [0.2, 0.25) is 5.76 Å². The van der Waals surface area contributed by atoms with Crippen LogP contribution in [0.15, 0.2) is 54.3 Å². The third-order valence-corrected chi connectivity index (χ3v) is 4.28. The molecule has 7 nitrogen and oxygen atoms in total. The summed E-state index contributed by atoms with van der Waals surface area (Å²) in [4.78, 5) is 11.9. The maximum atomic E-state index is 11.9. The van der Waals surface area contributed by atoms with E-state index in [0.717, 1.165) is 17.4 Å². The molecule has 0 saturated heterocycles. The Morgan fingerprint density at radius 2 is 1.50 bits per heavy atom. The van der Waals surface area contributed by atoms with E-state index < -0.39 is 16.1 Å². The summed E-state index contributed by atoms with van der Waals surface area (Å²) in [5.74, 6) is 0.641. The van der Waals surface area contributed by atoms with Crippen molar-refractivity contribution in [1.82, 2.24) is 0 Å². The van der Waals surface area contributed by atoms with Gasteiger partial charge in [-0.05, 0) is 55.3 Å². The minimum atomic E-state index is -3.53. The number of rotatable bonds is 11. The van der Waals surface area contributed by atoms with Gasteiger partial charge in [-0.1, -0.05) is 24.3 Å². The van der Waals surface area contributed by atoms with E-state index in [1.165, 1.54) is 0 Å². The van der Waals surface area contributed by atoms with Crippen molar-refractivity contribution in [2.75, 3.05) is 26.1 Å². The number of carbonyl (C=O) groups excluding carboxylic acids is 1. The first-order chi connectivity index (χ1) is 14.3. The van der Waals surface area contributed by atoms with Crippen LogP contribution >= 0.6 is 0 Å². The van der Waals surface area contributed by atoms with Crippen molar-refractivity contribution < 1.29 is 31.6 Å². The predicted molar refractivity (Wildman–Crippen MR) is 114 cm³/mol. The van der Waals surface area contributed by atoms with Crippen molar-refractivity contribution in [3.05, 3.63) is 65.4 Å². The number of hydrogen-bond acceptors (Lipinski definition) is 7. The van der Waals surface area contributed by atoms with Crippen LogP contribution in [0.3, 0.4) is 0 Å². The Balaban J connectivity index is 1.90. The summed E-state index contributed by atoms with van der Waals surface area (Å²) in [6.07, 6.45) is 3.29. The highest BCUT2D eigenvalue weighted by molar-refractivity contribution is 7.86. The first kappa shape index (κ1) is 23.3. The van der Waals surface area contributed by atoms with Gasteiger partial charge in [0, 0.05) is 6.42 Å². The van der Waals surface area contributed by atoms with E-state index in [1.54, 1.807) is 44.2 Å². The lowest BCUT2D eigenvalue weighted by molar-refractivity contribution is -0.142. The summed E-state index contributed by atoms with van der Waals surface area (Å²) in [5, 5.41) is 0. The lowest BCUT2D eigenvalue weighted by atomic mass is 10.1. The Labute approximate surface area is 177 Å². The van der Waals surface area contributed by atoms with Gasteiger partial charge in [-0.3, -0.25) is 0 Å². The zero-order chi connectivity index (χ0) is 22.0. The number of hydrogen-bond donors (Lipinski definition) is 0. The molecular weight excluding hydrogens is 408 g/mol. The van der Waals surface area contributed by atoms with Crippen molar-refractivity contribution in [3.63, 3.8) is 0 Å². The van der Waals surface area contributed by atoms with Crippen molar-refractivity contribution >= 4 is 22.2 Å². The van der Waals surface area contributed by atoms with Crippen LogP contribution in [0.4, 0.5) is 0 Å². The predicted octanol–water partition coefficient (Wildman–Crippen LogP) is 3.59. The van der Waals surface area contributed by atoms with E-state index in [9.17, 15) is 13.2 Å². The summed E-state index contributed by atoms with van der Waals surface area (Å²) < 4.78 is 43.1. The number of benzene rings is 2. The fourth-order valence-corrected chi connectivity index (χ4v) is 2.96. The first-order valence-electron chi connectivity index (χ1n) is 9.53. The van der Waals surface area contributed by atoms with Crippen LogP contribution < -0.4 is 8.92 Å². The van der Waals surface area contributed by atoms with E-state index in [4.69, 9.17) is 18.4 Å². The van der Waals surface area contributed by atoms with Gasteiger partial charge >= 0.3 is 16.1 Å². The summed E-state index contributed by atoms with van der Waals surface area (Å²) in [7, 11) is -3.53. The van der Waals surface area contributed by atoms with Gasteiger partial charge in [0.25, 0.3) is 0 Å². The Kier molecular flexibility index (Phi) is 8.73. The van der Waals surface area contributed by atoms with Crippen LogP contribution in [0.1, 0.15) is 25.0 Å². The second-order valence-corrected chi connectivity index (χ2v) is 7.84. The van der Waals surface area contributed by atoms with Crippen LogP contribution in [0, 0.1) is 0 Å². The average Bonchev–Trinajstić information content (AvgIpc) is 2.69. The monoisotopic (exact) mass is 434 g/mol. The SMILES string of the molecule is CCOC(=O)C(=Cc1ccc(OCCc2ccc(OS(C)(=O)=O)cc2)cc1)OCC. The largest absolute Gasteiger partial charge is 0.493 e. The fourth-order valence-electron chi connectivity index (χ4n) is 2.50. The van der Waals surface area contributed by atoms with E-state index >= 15 is 0 Å². The Morgan fingerprint density at radius 1 is 0.900 bits per heavy atom. The van der Waals surface area contributed by atoms with Crippen LogP contribution in [-0.4, -0.2) is 40.5 Å². The number of carbonyl (C=O) groups is 1. The standard InChI is InChI=1S/C22H26O7S/c1-4-26-21(22(23)27-5-2)16-18-8-10-19(11-9-18)28-15-14-17-6-12-20(13-7-17)29-30(3,24)25/h6-13,16H,4-5,14-15H2,1-3H3. The molecule has 0 fully saturated rings. The molecule has 0 saturated carbocycles. The molecule has 0 heterocycles. The van der Waals surface area contributed by atoms with E-state index in [2.05, 4.69) is 0 Å². The quantitative estimate of drug-likeness (QED) is 0.231. The molecule has 2 rings (SSSR count). The molecule has 0 amide bonds. The zero-order valence-corrected chi connectivity index (χ0v) is 18.1. The van der Waals surface area contributed by atoms with E-state index in [0.29, 0.717) is 25.4 Å². The van der Waals surface area contributed by atoms with Gasteiger partial charge in [0.1, 0.15) is 11.5 Å². The molecule has 0 spiro atoms. The maximum absolute atomic E-state index is 11.9. The Hall–Kier alpha value is -3.00.